The SMILES string of the molecule is CC[P+](C)(CC)CC.CC[P+](C)(CC)CC.CC[P+](C)(CC)CC.O=P([O-])([O-])[O-]. The third-order valence-electron chi connectivity index (χ3n) is 6.87. The molecule has 0 aromatic carbocycles. The Balaban J connectivity index is -0.000000146. The average molecular weight is 495 g/mol. The molecule has 0 radical (unpaired) electrons. The summed E-state index contributed by atoms with van der Waals surface area (Å²) in [4.78, 5) is 25.6. The Hall–Kier alpha value is 1.40. The van der Waals surface area contributed by atoms with Gasteiger partial charge in [0.05, 0.1) is 55.5 Å². The predicted octanol–water partition coefficient (Wildman–Crippen LogP) is 5.26. The van der Waals surface area contributed by atoms with Crippen molar-refractivity contribution >= 4 is 29.6 Å². The molecule has 0 aliphatic rings. The average Bonchev–Trinajstić information content (AvgIpc) is 2.71. The molecule has 4 nitrogen and oxygen atoms in total. The maximum Gasteiger partial charge on any atom is 0.0563 e. The van der Waals surface area contributed by atoms with Crippen LogP contribution in [0.3, 0.4) is 0 Å². The van der Waals surface area contributed by atoms with Crippen LogP contribution >= 0.6 is 29.6 Å². The summed E-state index contributed by atoms with van der Waals surface area (Å²) in [6.07, 6.45) is 12.9. The monoisotopic (exact) mass is 494 g/mol. The second kappa shape index (κ2) is 20.0. The number of rotatable bonds is 9. The molecule has 0 atom stereocenters. The van der Waals surface area contributed by atoms with Crippen molar-refractivity contribution in [3.05, 3.63) is 0 Å². The van der Waals surface area contributed by atoms with Gasteiger partial charge < -0.3 is 19.2 Å². The van der Waals surface area contributed by atoms with Crippen LogP contribution in [0.2, 0.25) is 0 Å². The molecule has 0 bridgehead atoms. The van der Waals surface area contributed by atoms with E-state index in [1.54, 1.807) is 0 Å². The lowest BCUT2D eigenvalue weighted by Gasteiger charge is -2.36. The van der Waals surface area contributed by atoms with E-state index in [2.05, 4.69) is 82.3 Å². The van der Waals surface area contributed by atoms with Gasteiger partial charge in [-0.05, 0) is 62.3 Å². The van der Waals surface area contributed by atoms with E-state index in [9.17, 15) is 0 Å². The third-order valence-corrected chi connectivity index (χ3v) is 20.6. The minimum Gasteiger partial charge on any atom is -0.822 e. The third kappa shape index (κ3) is 27.4. The van der Waals surface area contributed by atoms with Gasteiger partial charge in [-0.25, -0.2) is 0 Å². The van der Waals surface area contributed by atoms with Gasteiger partial charge in [0.2, 0.25) is 0 Å². The van der Waals surface area contributed by atoms with Crippen molar-refractivity contribution in [2.24, 2.45) is 0 Å². The van der Waals surface area contributed by atoms with Gasteiger partial charge in [-0.2, -0.15) is 7.82 Å². The first-order valence-electron chi connectivity index (χ1n) is 11.3. The highest BCUT2D eigenvalue weighted by molar-refractivity contribution is 7.75. The van der Waals surface area contributed by atoms with E-state index in [0.717, 1.165) is 0 Å². The molecule has 0 unspecified atom stereocenters. The fraction of sp³-hybridized carbons (Fsp3) is 1.00. The summed E-state index contributed by atoms with van der Waals surface area (Å²) >= 11 is 0. The van der Waals surface area contributed by atoms with Crippen LogP contribution in [0.1, 0.15) is 62.3 Å². The van der Waals surface area contributed by atoms with E-state index in [4.69, 9.17) is 19.2 Å². The van der Waals surface area contributed by atoms with Crippen molar-refractivity contribution < 1.29 is 19.2 Å². The van der Waals surface area contributed by atoms with Gasteiger partial charge in [0.25, 0.3) is 0 Å². The summed E-state index contributed by atoms with van der Waals surface area (Å²) in [5.74, 6) is 0. The Labute approximate surface area is 186 Å². The molecule has 29 heavy (non-hydrogen) atoms. The quantitative estimate of drug-likeness (QED) is 0.410. The Bertz CT molecular complexity index is 312. The highest BCUT2D eigenvalue weighted by Gasteiger charge is 2.23. The molecule has 182 valence electrons. The van der Waals surface area contributed by atoms with Crippen molar-refractivity contribution in [2.45, 2.75) is 62.3 Å². The van der Waals surface area contributed by atoms with Crippen molar-refractivity contribution in [3.8, 4) is 0 Å². The fourth-order valence-electron chi connectivity index (χ4n) is 2.01. The molecular weight excluding hydrogens is 440 g/mol. The number of hydrogen-bond donors (Lipinski definition) is 0. The molecule has 0 aliphatic carbocycles. The van der Waals surface area contributed by atoms with Crippen LogP contribution in [0.25, 0.3) is 0 Å². The van der Waals surface area contributed by atoms with Gasteiger partial charge in [-0.15, -0.1) is 0 Å². The number of hydrogen-bond acceptors (Lipinski definition) is 4. The van der Waals surface area contributed by atoms with Crippen LogP contribution in [0, 0.1) is 0 Å². The van der Waals surface area contributed by atoms with Gasteiger partial charge in [-0.3, -0.25) is 0 Å². The zero-order valence-electron chi connectivity index (χ0n) is 21.8. The number of phosphoric acid groups is 1. The largest absolute Gasteiger partial charge is 0.822 e. The van der Waals surface area contributed by atoms with Crippen molar-refractivity contribution in [1.29, 1.82) is 0 Å². The van der Waals surface area contributed by atoms with E-state index < -0.39 is 29.6 Å². The normalized spacial score (nSPS) is 12.0. The molecule has 0 saturated heterocycles. The van der Waals surface area contributed by atoms with E-state index in [-0.39, 0.29) is 0 Å². The maximum absolute atomic E-state index is 8.55. The molecule has 0 fully saturated rings. The first-order valence-corrected chi connectivity index (χ1v) is 21.1. The molecule has 0 heterocycles. The lowest BCUT2D eigenvalue weighted by molar-refractivity contribution is -0.432. The standard InChI is InChI=1S/3C7H18P.H3O4P/c3*1-5-8(4,6-2)7-3;1-5(2,3)4/h3*5-7H2,1-4H3;(H3,1,2,3,4)/q3*+1;/p-3. The molecule has 0 N–H and O–H groups in total. The zero-order chi connectivity index (χ0) is 24.4. The fourth-order valence-corrected chi connectivity index (χ4v) is 6.04. The predicted molar refractivity (Wildman–Crippen MR) is 141 cm³/mol. The summed E-state index contributed by atoms with van der Waals surface area (Å²) < 4.78 is 8.55. The summed E-state index contributed by atoms with van der Waals surface area (Å²) in [6, 6.07) is 0. The molecule has 0 amide bonds. The lowest BCUT2D eigenvalue weighted by atomic mass is 10.9. The molecule has 0 aromatic heterocycles. The van der Waals surface area contributed by atoms with Crippen LogP contribution in [-0.2, 0) is 4.57 Å². The van der Waals surface area contributed by atoms with Crippen LogP contribution in [-0.4, -0.2) is 75.5 Å². The smallest absolute Gasteiger partial charge is 0.0563 e. The van der Waals surface area contributed by atoms with Crippen molar-refractivity contribution in [2.75, 3.05) is 75.5 Å². The van der Waals surface area contributed by atoms with Crippen LogP contribution in [0.15, 0.2) is 0 Å². The minimum atomic E-state index is -5.39. The summed E-state index contributed by atoms with van der Waals surface area (Å²) in [7, 11) is -6.62. The first-order chi connectivity index (χ1) is 13.0. The van der Waals surface area contributed by atoms with Crippen LogP contribution < -0.4 is 14.7 Å². The van der Waals surface area contributed by atoms with Gasteiger partial charge >= 0.3 is 0 Å². The molecule has 0 saturated carbocycles. The molecule has 0 aliphatic heterocycles. The van der Waals surface area contributed by atoms with Gasteiger partial charge in [0, 0.05) is 41.8 Å². The second-order valence-corrected chi connectivity index (χ2v) is 24.5. The van der Waals surface area contributed by atoms with Crippen molar-refractivity contribution in [3.63, 3.8) is 0 Å². The molecular formula is C21H54O4P4. The Morgan fingerprint density at radius 3 is 0.517 bits per heavy atom. The van der Waals surface area contributed by atoms with Crippen LogP contribution in [0.4, 0.5) is 0 Å². The Kier molecular flexibility index (Phi) is 26.1. The first kappa shape index (κ1) is 37.7. The van der Waals surface area contributed by atoms with E-state index >= 15 is 0 Å². The second-order valence-electron chi connectivity index (χ2n) is 8.15. The van der Waals surface area contributed by atoms with Crippen molar-refractivity contribution in [1.82, 2.24) is 0 Å². The topological polar surface area (TPSA) is 86.2 Å². The summed E-state index contributed by atoms with van der Waals surface area (Å²) in [5.41, 5.74) is 0. The van der Waals surface area contributed by atoms with Gasteiger partial charge in [0.15, 0.2) is 0 Å². The maximum atomic E-state index is 8.55. The Morgan fingerprint density at radius 2 is 0.517 bits per heavy atom. The lowest BCUT2D eigenvalue weighted by Crippen LogP contribution is -2.24. The molecule has 8 heteroatoms. The highest BCUT2D eigenvalue weighted by Crippen LogP contribution is 2.54. The molecule has 0 aromatic rings. The zero-order valence-corrected chi connectivity index (χ0v) is 25.4. The van der Waals surface area contributed by atoms with Gasteiger partial charge in [0.1, 0.15) is 0 Å². The Morgan fingerprint density at radius 1 is 0.448 bits per heavy atom. The van der Waals surface area contributed by atoms with Gasteiger partial charge in [-0.1, -0.05) is 0 Å². The van der Waals surface area contributed by atoms with Crippen LogP contribution in [0.5, 0.6) is 0 Å². The van der Waals surface area contributed by atoms with E-state index in [1.165, 1.54) is 55.5 Å². The highest BCUT2D eigenvalue weighted by atomic mass is 31.2. The molecule has 0 rings (SSSR count). The van der Waals surface area contributed by atoms with E-state index in [1.807, 2.05) is 0 Å². The van der Waals surface area contributed by atoms with E-state index in [0.29, 0.717) is 0 Å². The summed E-state index contributed by atoms with van der Waals surface area (Å²) in [6.45, 7) is 28.3. The molecule has 0 spiro atoms. The summed E-state index contributed by atoms with van der Waals surface area (Å²) in [5, 5.41) is 0. The minimum absolute atomic E-state index is 0.412.